The van der Waals surface area contributed by atoms with Crippen LogP contribution < -0.4 is 10.5 Å². The van der Waals surface area contributed by atoms with Crippen LogP contribution in [0.25, 0.3) is 16.9 Å². The van der Waals surface area contributed by atoms with Gasteiger partial charge in [-0.15, -0.1) is 0 Å². The molecule has 0 radical (unpaired) electrons. The van der Waals surface area contributed by atoms with E-state index in [0.717, 1.165) is 28.3 Å². The minimum Gasteiger partial charge on any atom is -0.497 e. The number of aliphatic carboxylic acids is 1. The molecule has 2 heterocycles. The van der Waals surface area contributed by atoms with Crippen molar-refractivity contribution < 1.29 is 14.6 Å². The van der Waals surface area contributed by atoms with E-state index in [0.29, 0.717) is 0 Å². The number of nitrogens with two attached hydrogens (primary N) is 1. The first-order chi connectivity index (χ1) is 11.1. The van der Waals surface area contributed by atoms with Gasteiger partial charge in [-0.25, -0.2) is 4.98 Å². The predicted octanol–water partition coefficient (Wildman–Crippen LogP) is 1.96. The van der Waals surface area contributed by atoms with Gasteiger partial charge in [0, 0.05) is 18.2 Å². The smallest absolute Gasteiger partial charge is 0.320 e. The first-order valence-corrected chi connectivity index (χ1v) is 7.19. The molecule has 0 saturated carbocycles. The van der Waals surface area contributed by atoms with Crippen LogP contribution in [-0.4, -0.2) is 33.6 Å². The van der Waals surface area contributed by atoms with Gasteiger partial charge in [-0.1, -0.05) is 6.07 Å². The van der Waals surface area contributed by atoms with Crippen LogP contribution in [0.1, 0.15) is 5.69 Å². The summed E-state index contributed by atoms with van der Waals surface area (Å²) in [5.74, 6) is -0.280. The summed E-state index contributed by atoms with van der Waals surface area (Å²) >= 11 is 0. The van der Waals surface area contributed by atoms with E-state index in [1.807, 2.05) is 53.1 Å². The number of pyridine rings is 1. The summed E-state index contributed by atoms with van der Waals surface area (Å²) in [6.07, 6.45) is 2.06. The zero-order valence-electron chi connectivity index (χ0n) is 12.6. The lowest BCUT2D eigenvalue weighted by atomic mass is 10.1. The Balaban J connectivity index is 2.12. The fraction of sp³-hybridized carbons (Fsp3) is 0.176. The summed E-state index contributed by atoms with van der Waals surface area (Å²) < 4.78 is 7.04. The molecule has 3 N–H and O–H groups in total. The van der Waals surface area contributed by atoms with Crippen molar-refractivity contribution in [3.8, 4) is 17.0 Å². The van der Waals surface area contributed by atoms with Gasteiger partial charge in [0.2, 0.25) is 0 Å². The highest BCUT2D eigenvalue weighted by Gasteiger charge is 2.20. The Morgan fingerprint density at radius 1 is 1.30 bits per heavy atom. The lowest BCUT2D eigenvalue weighted by molar-refractivity contribution is -0.138. The van der Waals surface area contributed by atoms with Crippen molar-refractivity contribution in [2.75, 3.05) is 7.11 Å². The number of imidazole rings is 1. The van der Waals surface area contributed by atoms with Gasteiger partial charge in [0.25, 0.3) is 0 Å². The highest BCUT2D eigenvalue weighted by molar-refractivity contribution is 5.75. The maximum atomic E-state index is 11.1. The lowest BCUT2D eigenvalue weighted by Crippen LogP contribution is -2.32. The van der Waals surface area contributed by atoms with Crippen LogP contribution in [0.2, 0.25) is 0 Å². The van der Waals surface area contributed by atoms with Crippen molar-refractivity contribution in [1.82, 2.24) is 9.38 Å². The van der Waals surface area contributed by atoms with Gasteiger partial charge in [0.15, 0.2) is 0 Å². The molecule has 3 aromatic rings. The third-order valence-corrected chi connectivity index (χ3v) is 3.72. The summed E-state index contributed by atoms with van der Waals surface area (Å²) in [6.45, 7) is 0. The number of hydrogen-bond donors (Lipinski definition) is 2. The first kappa shape index (κ1) is 15.1. The number of aromatic nitrogens is 2. The van der Waals surface area contributed by atoms with Crippen molar-refractivity contribution in [1.29, 1.82) is 0 Å². The number of carboxylic acid groups (broad SMARTS) is 1. The largest absolute Gasteiger partial charge is 0.497 e. The molecule has 0 aliphatic rings. The number of hydrogen-bond acceptors (Lipinski definition) is 4. The van der Waals surface area contributed by atoms with Gasteiger partial charge in [-0.3, -0.25) is 4.79 Å². The van der Waals surface area contributed by atoms with E-state index >= 15 is 0 Å². The molecule has 3 rings (SSSR count). The molecule has 0 fully saturated rings. The zero-order valence-corrected chi connectivity index (χ0v) is 12.6. The van der Waals surface area contributed by atoms with Crippen LogP contribution in [0, 0.1) is 0 Å². The molecule has 0 amide bonds. The van der Waals surface area contributed by atoms with Gasteiger partial charge in [-0.05, 0) is 36.4 Å². The number of carbonyl (C=O) groups is 1. The van der Waals surface area contributed by atoms with Crippen LogP contribution >= 0.6 is 0 Å². The van der Waals surface area contributed by atoms with Crippen LogP contribution in [0.3, 0.4) is 0 Å². The van der Waals surface area contributed by atoms with Crippen molar-refractivity contribution in [3.63, 3.8) is 0 Å². The summed E-state index contributed by atoms with van der Waals surface area (Å²) in [5, 5.41) is 9.11. The van der Waals surface area contributed by atoms with E-state index < -0.39 is 12.0 Å². The molecule has 6 nitrogen and oxygen atoms in total. The van der Waals surface area contributed by atoms with Gasteiger partial charge in [0.05, 0.1) is 18.5 Å². The molecule has 6 heteroatoms. The Bertz CT molecular complexity index is 840. The molecular weight excluding hydrogens is 294 g/mol. The molecule has 118 valence electrons. The summed E-state index contributed by atoms with van der Waals surface area (Å²) in [7, 11) is 1.61. The molecule has 23 heavy (non-hydrogen) atoms. The number of fused-ring (bicyclic) bond motifs is 1. The Hall–Kier alpha value is -2.86. The van der Waals surface area contributed by atoms with Gasteiger partial charge in [0.1, 0.15) is 17.4 Å². The predicted molar refractivity (Wildman–Crippen MR) is 86.5 cm³/mol. The Morgan fingerprint density at radius 2 is 2.04 bits per heavy atom. The molecule has 1 unspecified atom stereocenters. The standard InChI is InChI=1S/C17H17N3O3/c1-23-12-7-5-11(6-8-12)16-14(10-13(18)17(21)22)20-9-3-2-4-15(20)19-16/h2-9,13H,10,18H2,1H3,(H,21,22). The Labute approximate surface area is 133 Å². The molecule has 0 bridgehead atoms. The zero-order chi connectivity index (χ0) is 16.4. The number of nitrogens with zero attached hydrogens (tertiary/aromatic N) is 2. The second-order valence-electron chi connectivity index (χ2n) is 5.21. The number of ether oxygens (including phenoxy) is 1. The van der Waals surface area contributed by atoms with Gasteiger partial charge >= 0.3 is 5.97 Å². The normalized spacial score (nSPS) is 12.3. The molecule has 0 aliphatic carbocycles. The van der Waals surface area contributed by atoms with Crippen molar-refractivity contribution in [3.05, 3.63) is 54.4 Å². The SMILES string of the molecule is COc1ccc(-c2nc3ccccn3c2CC(N)C(=O)O)cc1. The average molecular weight is 311 g/mol. The second kappa shape index (κ2) is 6.10. The second-order valence-corrected chi connectivity index (χ2v) is 5.21. The van der Waals surface area contributed by atoms with E-state index in [4.69, 9.17) is 15.6 Å². The molecule has 0 aliphatic heterocycles. The molecule has 2 aromatic heterocycles. The molecule has 1 aromatic carbocycles. The first-order valence-electron chi connectivity index (χ1n) is 7.19. The van der Waals surface area contributed by atoms with E-state index in [1.165, 1.54) is 0 Å². The summed E-state index contributed by atoms with van der Waals surface area (Å²) in [4.78, 5) is 15.7. The van der Waals surface area contributed by atoms with E-state index in [1.54, 1.807) is 7.11 Å². The number of methoxy groups -OCH3 is 1. The van der Waals surface area contributed by atoms with E-state index in [-0.39, 0.29) is 6.42 Å². The van der Waals surface area contributed by atoms with E-state index in [2.05, 4.69) is 4.98 Å². The highest BCUT2D eigenvalue weighted by atomic mass is 16.5. The molecule has 0 spiro atoms. The monoisotopic (exact) mass is 311 g/mol. The number of benzene rings is 1. The molecule has 1 atom stereocenters. The van der Waals surface area contributed by atoms with Gasteiger partial charge < -0.3 is 20.0 Å². The Kier molecular flexibility index (Phi) is 3.99. The maximum absolute atomic E-state index is 11.1. The minimum atomic E-state index is -1.03. The van der Waals surface area contributed by atoms with Gasteiger partial charge in [-0.2, -0.15) is 0 Å². The quantitative estimate of drug-likeness (QED) is 0.752. The minimum absolute atomic E-state index is 0.196. The average Bonchev–Trinajstić information content (AvgIpc) is 2.93. The van der Waals surface area contributed by atoms with Crippen molar-refractivity contribution in [2.24, 2.45) is 5.73 Å². The van der Waals surface area contributed by atoms with Crippen LogP contribution in [0.5, 0.6) is 5.75 Å². The van der Waals surface area contributed by atoms with Crippen LogP contribution in [0.4, 0.5) is 0 Å². The third-order valence-electron chi connectivity index (χ3n) is 3.72. The number of carboxylic acids is 1. The fourth-order valence-electron chi connectivity index (χ4n) is 2.52. The topological polar surface area (TPSA) is 89.9 Å². The number of rotatable bonds is 5. The highest BCUT2D eigenvalue weighted by Crippen LogP contribution is 2.27. The Morgan fingerprint density at radius 3 is 2.70 bits per heavy atom. The van der Waals surface area contributed by atoms with Crippen molar-refractivity contribution >= 4 is 11.6 Å². The maximum Gasteiger partial charge on any atom is 0.320 e. The molecular formula is C17H17N3O3. The lowest BCUT2D eigenvalue weighted by Gasteiger charge is -2.09. The van der Waals surface area contributed by atoms with Crippen LogP contribution in [0.15, 0.2) is 48.7 Å². The molecule has 0 saturated heterocycles. The van der Waals surface area contributed by atoms with E-state index in [9.17, 15) is 4.79 Å². The summed E-state index contributed by atoms with van der Waals surface area (Å²) in [5.41, 5.74) is 8.89. The fourth-order valence-corrected chi connectivity index (χ4v) is 2.52. The van der Waals surface area contributed by atoms with Crippen LogP contribution in [-0.2, 0) is 11.2 Å². The third kappa shape index (κ3) is 2.89. The van der Waals surface area contributed by atoms with Crippen molar-refractivity contribution in [2.45, 2.75) is 12.5 Å². The summed E-state index contributed by atoms with van der Waals surface area (Å²) in [6, 6.07) is 12.2.